The zero-order chi connectivity index (χ0) is 16.4. The Hall–Kier alpha value is -2.28. The number of anilines is 1. The van der Waals surface area contributed by atoms with Gasteiger partial charge in [-0.05, 0) is 6.42 Å². The molecule has 0 aromatic carbocycles. The van der Waals surface area contributed by atoms with Gasteiger partial charge in [-0.2, -0.15) is 0 Å². The molecule has 3 rings (SSSR count). The molecule has 7 heteroatoms. The highest BCUT2D eigenvalue weighted by molar-refractivity contribution is 6.05. The van der Waals surface area contributed by atoms with Gasteiger partial charge in [-0.3, -0.25) is 9.48 Å². The smallest absolute Gasteiger partial charge is 0.262 e. The van der Waals surface area contributed by atoms with Crippen molar-refractivity contribution in [3.05, 3.63) is 22.7 Å². The first-order valence-electron chi connectivity index (χ1n) is 8.02. The zero-order valence-corrected chi connectivity index (χ0v) is 13.6. The molecule has 0 radical (unpaired) electrons. The molecule has 0 amide bonds. The van der Waals surface area contributed by atoms with Crippen LogP contribution < -0.4 is 11.3 Å². The van der Waals surface area contributed by atoms with E-state index in [2.05, 4.69) is 17.0 Å². The Kier molecular flexibility index (Phi) is 4.38. The van der Waals surface area contributed by atoms with Gasteiger partial charge in [-0.15, -0.1) is 0 Å². The lowest BCUT2D eigenvalue weighted by Crippen LogP contribution is -2.17. The topological polar surface area (TPSA) is 90.9 Å². The molecule has 3 heterocycles. The second kappa shape index (κ2) is 6.45. The minimum atomic E-state index is -0.109. The van der Waals surface area contributed by atoms with Gasteiger partial charge in [0.2, 0.25) is 0 Å². The van der Waals surface area contributed by atoms with Gasteiger partial charge in [0.15, 0.2) is 5.65 Å². The van der Waals surface area contributed by atoms with Crippen molar-refractivity contribution < 1.29 is 4.74 Å². The number of hydrogen-bond acceptors (Lipinski definition) is 4. The molecule has 0 aliphatic heterocycles. The molecule has 0 spiro atoms. The number of unbranched alkanes of at least 4 members (excludes halogenated alkanes) is 2. The van der Waals surface area contributed by atoms with Crippen LogP contribution in [0, 0.1) is 0 Å². The second-order valence-corrected chi connectivity index (χ2v) is 5.78. The summed E-state index contributed by atoms with van der Waals surface area (Å²) < 4.78 is 8.65. The van der Waals surface area contributed by atoms with Gasteiger partial charge in [-0.1, -0.05) is 19.8 Å². The van der Waals surface area contributed by atoms with Crippen molar-refractivity contribution in [2.45, 2.75) is 39.3 Å². The van der Waals surface area contributed by atoms with Crippen LogP contribution in [0.15, 0.2) is 17.2 Å². The van der Waals surface area contributed by atoms with E-state index in [0.29, 0.717) is 29.7 Å². The fraction of sp³-hybridized carbons (Fsp3) is 0.500. The molecule has 0 saturated heterocycles. The van der Waals surface area contributed by atoms with Gasteiger partial charge in [0, 0.05) is 32.6 Å². The van der Waals surface area contributed by atoms with Crippen LogP contribution in [-0.4, -0.2) is 33.0 Å². The summed E-state index contributed by atoms with van der Waals surface area (Å²) >= 11 is 0. The number of nitrogen functional groups attached to an aromatic ring is 1. The molecule has 3 aromatic rings. The molecule has 0 fully saturated rings. The lowest BCUT2D eigenvalue weighted by molar-refractivity contribution is 0.186. The van der Waals surface area contributed by atoms with Gasteiger partial charge >= 0.3 is 0 Å². The van der Waals surface area contributed by atoms with E-state index in [1.165, 1.54) is 12.8 Å². The first-order chi connectivity index (χ1) is 11.2. The van der Waals surface area contributed by atoms with Crippen molar-refractivity contribution in [2.75, 3.05) is 19.5 Å². The minimum Gasteiger partial charge on any atom is -0.397 e. The van der Waals surface area contributed by atoms with Crippen LogP contribution in [0.2, 0.25) is 0 Å². The molecule has 3 N–H and O–H groups in total. The number of aryl methyl sites for hydroxylation is 1. The number of fused-ring (bicyclic) bond motifs is 2. The molecule has 3 aromatic heterocycles. The predicted octanol–water partition coefficient (Wildman–Crippen LogP) is 2.10. The summed E-state index contributed by atoms with van der Waals surface area (Å²) in [4.78, 5) is 17.1. The molecule has 0 bridgehead atoms. The van der Waals surface area contributed by atoms with Crippen molar-refractivity contribution in [1.29, 1.82) is 0 Å². The number of aromatic amines is 1. The third-order valence-corrected chi connectivity index (χ3v) is 4.18. The summed E-state index contributed by atoms with van der Waals surface area (Å²) in [5, 5.41) is 4.49. The van der Waals surface area contributed by atoms with Crippen molar-refractivity contribution in [3.63, 3.8) is 0 Å². The third kappa shape index (κ3) is 2.72. The Balaban J connectivity index is 2.08. The second-order valence-electron chi connectivity index (χ2n) is 5.78. The Morgan fingerprint density at radius 2 is 2.17 bits per heavy atom. The lowest BCUT2D eigenvalue weighted by Gasteiger charge is -2.04. The van der Waals surface area contributed by atoms with E-state index >= 15 is 0 Å². The number of H-pyrrole nitrogens is 1. The number of aromatic nitrogens is 4. The van der Waals surface area contributed by atoms with Crippen molar-refractivity contribution in [2.24, 2.45) is 0 Å². The summed E-state index contributed by atoms with van der Waals surface area (Å²) in [7, 11) is 1.61. The number of ether oxygens (including phenoxy) is 1. The van der Waals surface area contributed by atoms with E-state index in [4.69, 9.17) is 10.5 Å². The van der Waals surface area contributed by atoms with E-state index in [0.717, 1.165) is 24.0 Å². The Bertz CT molecular complexity index is 874. The number of nitrogens with one attached hydrogen (secondary N) is 1. The highest BCUT2D eigenvalue weighted by Crippen LogP contribution is 2.26. The number of rotatable bonds is 7. The highest BCUT2D eigenvalue weighted by Gasteiger charge is 2.16. The van der Waals surface area contributed by atoms with Crippen LogP contribution >= 0.6 is 0 Å². The summed E-state index contributed by atoms with van der Waals surface area (Å²) in [6.45, 7) is 4.02. The Labute approximate surface area is 134 Å². The van der Waals surface area contributed by atoms with Gasteiger partial charge < -0.3 is 20.1 Å². The van der Waals surface area contributed by atoms with Crippen LogP contribution in [-0.2, 0) is 17.8 Å². The van der Waals surface area contributed by atoms with Gasteiger partial charge in [-0.25, -0.2) is 4.98 Å². The van der Waals surface area contributed by atoms with Crippen LogP contribution in [0.4, 0.5) is 5.69 Å². The van der Waals surface area contributed by atoms with E-state index in [-0.39, 0.29) is 5.56 Å². The first-order valence-corrected chi connectivity index (χ1v) is 8.02. The van der Waals surface area contributed by atoms with Crippen LogP contribution in [0.3, 0.4) is 0 Å². The molecule has 7 nitrogen and oxygen atoms in total. The summed E-state index contributed by atoms with van der Waals surface area (Å²) in [6, 6.07) is 0. The molecular weight excluding hydrogens is 294 g/mol. The lowest BCUT2D eigenvalue weighted by atomic mass is 10.2. The number of methoxy groups -OCH3 is 1. The maximum atomic E-state index is 12.5. The predicted molar refractivity (Wildman–Crippen MR) is 91.7 cm³/mol. The molecule has 0 unspecified atom stereocenters. The SMILES string of the molecule is CCCCCn1[nH]cc2c(N)c3c(=O)n(CCOC)cc3nc21. The number of nitrogens with zero attached hydrogens (tertiary/aromatic N) is 3. The normalized spacial score (nSPS) is 11.7. The van der Waals surface area contributed by atoms with Gasteiger partial charge in [0.25, 0.3) is 5.56 Å². The van der Waals surface area contributed by atoms with E-state index in [1.54, 1.807) is 17.9 Å². The standard InChI is InChI=1S/C16H23N5O2/c1-3-4-5-6-21-15-11(9-18-21)14(17)13-12(19-15)10-20(16(13)22)7-8-23-2/h9-10,18H,3-8,17H2,1-2H3. The van der Waals surface area contributed by atoms with E-state index in [9.17, 15) is 4.79 Å². The number of nitrogens with two attached hydrogens (primary N) is 1. The molecule has 0 aliphatic rings. The molecule has 0 saturated carbocycles. The largest absolute Gasteiger partial charge is 0.397 e. The van der Waals surface area contributed by atoms with Crippen molar-refractivity contribution >= 4 is 27.6 Å². The fourth-order valence-corrected chi connectivity index (χ4v) is 2.89. The summed E-state index contributed by atoms with van der Waals surface area (Å²) in [5.41, 5.74) is 8.08. The zero-order valence-electron chi connectivity index (χ0n) is 13.6. The van der Waals surface area contributed by atoms with Gasteiger partial charge in [0.05, 0.1) is 28.6 Å². The quantitative estimate of drug-likeness (QED) is 0.653. The average Bonchev–Trinajstić information content (AvgIpc) is 3.08. The molecule has 0 aliphatic carbocycles. The highest BCUT2D eigenvalue weighted by atomic mass is 16.5. The van der Waals surface area contributed by atoms with Crippen molar-refractivity contribution in [1.82, 2.24) is 19.3 Å². The minimum absolute atomic E-state index is 0.109. The fourth-order valence-electron chi connectivity index (χ4n) is 2.89. The summed E-state index contributed by atoms with van der Waals surface area (Å²) in [5.74, 6) is 0. The van der Waals surface area contributed by atoms with E-state index < -0.39 is 0 Å². The molecule has 0 atom stereocenters. The maximum Gasteiger partial charge on any atom is 0.262 e. The average molecular weight is 317 g/mol. The van der Waals surface area contributed by atoms with Crippen LogP contribution in [0.25, 0.3) is 21.9 Å². The monoisotopic (exact) mass is 317 g/mol. The Morgan fingerprint density at radius 1 is 1.35 bits per heavy atom. The Morgan fingerprint density at radius 3 is 2.91 bits per heavy atom. The van der Waals surface area contributed by atoms with Gasteiger partial charge in [0.1, 0.15) is 0 Å². The number of hydrogen-bond donors (Lipinski definition) is 2. The number of pyridine rings is 1. The molecular formula is C16H23N5O2. The van der Waals surface area contributed by atoms with Crippen molar-refractivity contribution in [3.8, 4) is 0 Å². The molecule has 23 heavy (non-hydrogen) atoms. The first kappa shape index (κ1) is 15.6. The van der Waals surface area contributed by atoms with E-state index in [1.807, 2.05) is 10.9 Å². The van der Waals surface area contributed by atoms with Crippen LogP contribution in [0.5, 0.6) is 0 Å². The molecule has 124 valence electrons. The maximum absolute atomic E-state index is 12.5. The van der Waals surface area contributed by atoms with Crippen LogP contribution in [0.1, 0.15) is 26.2 Å². The third-order valence-electron chi connectivity index (χ3n) is 4.18. The summed E-state index contributed by atoms with van der Waals surface area (Å²) in [6.07, 6.45) is 7.01.